The van der Waals surface area contributed by atoms with E-state index in [2.05, 4.69) is 10.6 Å². The number of aryl methyl sites for hydroxylation is 4. The Balaban J connectivity index is 1.51. The molecule has 0 aromatic heterocycles. The van der Waals surface area contributed by atoms with Crippen LogP contribution in [0.5, 0.6) is 11.5 Å². The zero-order valence-corrected chi connectivity index (χ0v) is 28.4. The number of sulfonamides is 2. The summed E-state index contributed by atoms with van der Waals surface area (Å²) in [6.45, 7) is 6.94. The fourth-order valence-electron chi connectivity index (χ4n) is 4.95. The highest BCUT2D eigenvalue weighted by Crippen LogP contribution is 2.33. The molecule has 0 fully saturated rings. The van der Waals surface area contributed by atoms with Gasteiger partial charge in [0.2, 0.25) is 0 Å². The summed E-state index contributed by atoms with van der Waals surface area (Å²) < 4.78 is 66.1. The van der Waals surface area contributed by atoms with Gasteiger partial charge in [-0.3, -0.25) is 0 Å². The van der Waals surface area contributed by atoms with Gasteiger partial charge in [0.15, 0.2) is 0 Å². The summed E-state index contributed by atoms with van der Waals surface area (Å²) in [7, 11) is -5.36. The molecule has 0 saturated carbocycles. The minimum atomic E-state index is -4.11. The second-order valence-electron chi connectivity index (χ2n) is 10.8. The molecule has 0 saturated heterocycles. The summed E-state index contributed by atoms with van der Waals surface area (Å²) in [5.74, 6) is 0.618. The van der Waals surface area contributed by atoms with Crippen molar-refractivity contribution in [2.75, 3.05) is 24.9 Å². The highest BCUT2D eigenvalue weighted by molar-refractivity contribution is 7.90. The Labute approximate surface area is 274 Å². The molecule has 4 rings (SSSR count). The van der Waals surface area contributed by atoms with E-state index in [1.54, 1.807) is 74.5 Å². The molecule has 4 aromatic rings. The van der Waals surface area contributed by atoms with E-state index < -0.39 is 32.1 Å². The maximum atomic E-state index is 12.8. The van der Waals surface area contributed by atoms with Crippen molar-refractivity contribution in [1.29, 1.82) is 0 Å². The van der Waals surface area contributed by atoms with E-state index in [-0.39, 0.29) is 21.2 Å². The predicted octanol–water partition coefficient (Wildman–Crippen LogP) is 5.55. The number of hydrogen-bond acceptors (Lipinski definition) is 8. The molecular weight excluding hydrogens is 645 g/mol. The van der Waals surface area contributed by atoms with Gasteiger partial charge >= 0.3 is 12.1 Å². The fourth-order valence-corrected chi connectivity index (χ4v) is 7.25. The number of anilines is 2. The van der Waals surface area contributed by atoms with Gasteiger partial charge in [0.25, 0.3) is 20.0 Å². The Bertz CT molecular complexity index is 1920. The Morgan fingerprint density at radius 3 is 1.28 bits per heavy atom. The Morgan fingerprint density at radius 2 is 0.936 bits per heavy atom. The molecule has 4 N–H and O–H groups in total. The van der Waals surface area contributed by atoms with E-state index >= 15 is 0 Å². The Hall–Kier alpha value is -5.08. The summed E-state index contributed by atoms with van der Waals surface area (Å²) in [5.41, 5.74) is 4.78. The van der Waals surface area contributed by atoms with Crippen LogP contribution in [0.1, 0.15) is 33.4 Å². The smallest absolute Gasteiger partial charge is 0.333 e. The summed E-state index contributed by atoms with van der Waals surface area (Å²) in [6.07, 6.45) is 0.409. The van der Waals surface area contributed by atoms with Crippen molar-refractivity contribution >= 4 is 43.5 Å². The molecule has 0 radical (unpaired) electrons. The third-order valence-corrected chi connectivity index (χ3v) is 10.4. The number of benzene rings is 4. The first kappa shape index (κ1) is 34.8. The zero-order valence-electron chi connectivity index (χ0n) is 26.7. The van der Waals surface area contributed by atoms with Gasteiger partial charge in [-0.05, 0) is 104 Å². The van der Waals surface area contributed by atoms with Crippen molar-refractivity contribution in [2.24, 2.45) is 0 Å². The van der Waals surface area contributed by atoms with Crippen LogP contribution in [-0.2, 0) is 26.5 Å². The van der Waals surface area contributed by atoms with Crippen LogP contribution in [0.25, 0.3) is 0 Å². The quantitative estimate of drug-likeness (QED) is 0.169. The molecule has 0 aliphatic carbocycles. The lowest BCUT2D eigenvalue weighted by Gasteiger charge is -2.18. The first-order valence-corrected chi connectivity index (χ1v) is 17.3. The van der Waals surface area contributed by atoms with Crippen LogP contribution in [-0.4, -0.2) is 43.1 Å². The van der Waals surface area contributed by atoms with Crippen LogP contribution in [0.15, 0.2) is 82.6 Å². The molecule has 248 valence electrons. The lowest BCUT2D eigenvalue weighted by Crippen LogP contribution is -2.34. The van der Waals surface area contributed by atoms with Gasteiger partial charge in [-0.2, -0.15) is 0 Å². The van der Waals surface area contributed by atoms with Crippen LogP contribution in [0.3, 0.4) is 0 Å². The summed E-state index contributed by atoms with van der Waals surface area (Å²) in [4.78, 5) is 25.4. The molecule has 0 aliphatic rings. The number of amides is 4. The first-order valence-electron chi connectivity index (χ1n) is 14.3. The number of rotatable bonds is 10. The van der Waals surface area contributed by atoms with E-state index in [0.29, 0.717) is 29.0 Å². The lowest BCUT2D eigenvalue weighted by molar-refractivity contribution is 0.255. The Morgan fingerprint density at radius 1 is 0.574 bits per heavy atom. The number of ether oxygens (including phenoxy) is 2. The molecule has 0 unspecified atom stereocenters. The number of carbonyl (C=O) groups excluding carboxylic acids is 2. The van der Waals surface area contributed by atoms with Crippen molar-refractivity contribution in [1.82, 2.24) is 9.44 Å². The molecule has 12 nitrogen and oxygen atoms in total. The summed E-state index contributed by atoms with van der Waals surface area (Å²) >= 11 is 0. The van der Waals surface area contributed by atoms with Gasteiger partial charge < -0.3 is 20.1 Å². The molecule has 0 aliphatic heterocycles. The second kappa shape index (κ2) is 14.1. The van der Waals surface area contributed by atoms with Crippen LogP contribution >= 0.6 is 0 Å². The standard InChI is InChI=1S/C33H36N4O8S2/c1-20-11-7-9-13-30(20)46(40,41)36-32(38)34-26-15-22(3)24(18-28(26)44-5)17-25-19-29(45-6)27(16-23(25)4)35-33(39)37-47(42,43)31-14-10-8-12-21(31)2/h7-16,18-19H,17H2,1-6H3,(H2,34,36,38)(H2,35,37,39). The highest BCUT2D eigenvalue weighted by Gasteiger charge is 2.22. The number of carbonyl (C=O) groups is 2. The van der Waals surface area contributed by atoms with Gasteiger partial charge in [-0.15, -0.1) is 0 Å². The topological polar surface area (TPSA) is 169 Å². The Kier molecular flexibility index (Phi) is 10.5. The van der Waals surface area contributed by atoms with Crippen molar-refractivity contribution in [3.05, 3.63) is 106 Å². The molecule has 0 atom stereocenters. The van der Waals surface area contributed by atoms with E-state index in [1.165, 1.54) is 26.4 Å². The lowest BCUT2D eigenvalue weighted by atomic mass is 9.96. The minimum Gasteiger partial charge on any atom is -0.495 e. The third-order valence-electron chi connectivity index (χ3n) is 7.41. The molecule has 4 aromatic carbocycles. The van der Waals surface area contributed by atoms with Gasteiger partial charge in [0.1, 0.15) is 11.5 Å². The average Bonchev–Trinajstić information content (AvgIpc) is 2.99. The summed E-state index contributed by atoms with van der Waals surface area (Å²) in [6, 6.07) is 17.6. The molecule has 0 spiro atoms. The van der Waals surface area contributed by atoms with Crippen LogP contribution in [0.4, 0.5) is 21.0 Å². The normalized spacial score (nSPS) is 11.4. The average molecular weight is 681 g/mol. The van der Waals surface area contributed by atoms with E-state index in [0.717, 1.165) is 22.3 Å². The minimum absolute atomic E-state index is 0.00594. The van der Waals surface area contributed by atoms with E-state index in [9.17, 15) is 26.4 Å². The largest absolute Gasteiger partial charge is 0.495 e. The summed E-state index contributed by atoms with van der Waals surface area (Å²) in [5, 5.41) is 5.12. The van der Waals surface area contributed by atoms with E-state index in [4.69, 9.17) is 9.47 Å². The van der Waals surface area contributed by atoms with Crippen LogP contribution in [0.2, 0.25) is 0 Å². The molecular formula is C33H36N4O8S2. The number of hydrogen-bond donors (Lipinski definition) is 4. The molecule has 14 heteroatoms. The van der Waals surface area contributed by atoms with Crippen molar-refractivity contribution in [3.63, 3.8) is 0 Å². The van der Waals surface area contributed by atoms with Crippen molar-refractivity contribution < 1.29 is 35.9 Å². The van der Waals surface area contributed by atoms with Crippen LogP contribution in [0, 0.1) is 27.7 Å². The second-order valence-corrected chi connectivity index (χ2v) is 14.1. The predicted molar refractivity (Wildman–Crippen MR) is 179 cm³/mol. The maximum Gasteiger partial charge on any atom is 0.333 e. The van der Waals surface area contributed by atoms with Crippen molar-refractivity contribution in [3.8, 4) is 11.5 Å². The number of nitrogens with one attached hydrogen (secondary N) is 4. The van der Waals surface area contributed by atoms with Crippen LogP contribution < -0.4 is 29.6 Å². The van der Waals surface area contributed by atoms with Gasteiger partial charge in [0.05, 0.1) is 35.4 Å². The molecule has 0 heterocycles. The van der Waals surface area contributed by atoms with Gasteiger partial charge in [0, 0.05) is 0 Å². The molecule has 47 heavy (non-hydrogen) atoms. The highest BCUT2D eigenvalue weighted by atomic mass is 32.2. The van der Waals surface area contributed by atoms with E-state index in [1.807, 2.05) is 23.3 Å². The zero-order chi connectivity index (χ0) is 34.5. The fraction of sp³-hybridized carbons (Fsp3) is 0.212. The molecule has 4 amide bonds. The monoisotopic (exact) mass is 680 g/mol. The third kappa shape index (κ3) is 8.20. The SMILES string of the molecule is COc1cc(Cc2cc(OC)c(NC(=O)NS(=O)(=O)c3ccccc3C)cc2C)c(C)cc1NC(=O)NS(=O)(=O)c1ccccc1C. The number of urea groups is 2. The maximum absolute atomic E-state index is 12.8. The van der Waals surface area contributed by atoms with Gasteiger partial charge in [-0.1, -0.05) is 36.4 Å². The van der Waals surface area contributed by atoms with Gasteiger partial charge in [-0.25, -0.2) is 35.9 Å². The number of methoxy groups -OCH3 is 2. The van der Waals surface area contributed by atoms with Crippen molar-refractivity contribution in [2.45, 2.75) is 43.9 Å². The first-order chi connectivity index (χ1) is 22.1. The molecule has 0 bridgehead atoms.